The maximum absolute atomic E-state index is 12.1. The molecule has 1 heterocycles. The molecule has 116 valence electrons. The molecule has 20 heavy (non-hydrogen) atoms. The number of hydrogen-bond donors (Lipinski definition) is 2. The van der Waals surface area contributed by atoms with Crippen LogP contribution in [0.1, 0.15) is 43.5 Å². The van der Waals surface area contributed by atoms with Gasteiger partial charge in [0.1, 0.15) is 0 Å². The van der Waals surface area contributed by atoms with E-state index in [4.69, 9.17) is 5.73 Å². The Hall–Kier alpha value is -0.210. The summed E-state index contributed by atoms with van der Waals surface area (Å²) >= 11 is 1.18. The molecule has 1 aromatic rings. The third-order valence-corrected chi connectivity index (χ3v) is 6.35. The number of hydrogen-bond acceptors (Lipinski definition) is 5. The van der Waals surface area contributed by atoms with Crippen LogP contribution in [-0.2, 0) is 10.0 Å². The average Bonchev–Trinajstić information content (AvgIpc) is 2.68. The van der Waals surface area contributed by atoms with E-state index in [-0.39, 0.29) is 16.6 Å². The Bertz CT molecular complexity index is 523. The van der Waals surface area contributed by atoms with Crippen LogP contribution < -0.4 is 10.5 Å². The standard InChI is InChI=1S/C12H21N3O2S2.ClH/c1-10-14-8-11(18-10)19(16,17)15-9-12(13)6-4-2-3-5-7-12;/h8,15H,2-7,9,13H2,1H3;1H. The zero-order chi connectivity index (χ0) is 13.9. The molecule has 5 nitrogen and oxygen atoms in total. The Labute approximate surface area is 130 Å². The highest BCUT2D eigenvalue weighted by molar-refractivity contribution is 7.91. The van der Waals surface area contributed by atoms with E-state index >= 15 is 0 Å². The molecule has 1 fully saturated rings. The minimum absolute atomic E-state index is 0. The van der Waals surface area contributed by atoms with Gasteiger partial charge >= 0.3 is 0 Å². The van der Waals surface area contributed by atoms with E-state index in [0.29, 0.717) is 6.54 Å². The number of thiazole rings is 1. The van der Waals surface area contributed by atoms with Crippen LogP contribution in [0.2, 0.25) is 0 Å². The van der Waals surface area contributed by atoms with Gasteiger partial charge in [0.15, 0.2) is 4.21 Å². The number of rotatable bonds is 4. The van der Waals surface area contributed by atoms with Crippen molar-refractivity contribution in [2.45, 2.75) is 55.2 Å². The van der Waals surface area contributed by atoms with Crippen molar-refractivity contribution in [3.05, 3.63) is 11.2 Å². The molecule has 0 saturated heterocycles. The van der Waals surface area contributed by atoms with Gasteiger partial charge in [0.2, 0.25) is 0 Å². The summed E-state index contributed by atoms with van der Waals surface area (Å²) in [4.78, 5) is 3.98. The molecular formula is C12H22ClN3O2S2. The maximum Gasteiger partial charge on any atom is 0.251 e. The topological polar surface area (TPSA) is 85.1 Å². The highest BCUT2D eigenvalue weighted by Crippen LogP contribution is 2.25. The summed E-state index contributed by atoms with van der Waals surface area (Å²) in [6, 6.07) is 0. The van der Waals surface area contributed by atoms with Crippen molar-refractivity contribution in [2.75, 3.05) is 6.54 Å². The predicted octanol–water partition coefficient (Wildman–Crippen LogP) is 2.20. The zero-order valence-electron chi connectivity index (χ0n) is 11.6. The number of aromatic nitrogens is 1. The van der Waals surface area contributed by atoms with Gasteiger partial charge < -0.3 is 5.73 Å². The second-order valence-electron chi connectivity index (χ2n) is 5.30. The van der Waals surface area contributed by atoms with E-state index in [9.17, 15) is 8.42 Å². The fraction of sp³-hybridized carbons (Fsp3) is 0.750. The van der Waals surface area contributed by atoms with Gasteiger partial charge in [-0.3, -0.25) is 0 Å². The Morgan fingerprint density at radius 3 is 2.45 bits per heavy atom. The molecule has 1 aromatic heterocycles. The molecular weight excluding hydrogens is 318 g/mol. The Balaban J connectivity index is 0.00000200. The van der Waals surface area contributed by atoms with Gasteiger partial charge in [0.25, 0.3) is 10.0 Å². The average molecular weight is 340 g/mol. The molecule has 0 amide bonds. The van der Waals surface area contributed by atoms with E-state index in [1.165, 1.54) is 30.4 Å². The molecule has 0 unspecified atom stereocenters. The number of nitrogens with zero attached hydrogens (tertiary/aromatic N) is 1. The summed E-state index contributed by atoms with van der Waals surface area (Å²) in [5, 5.41) is 0.748. The largest absolute Gasteiger partial charge is 0.324 e. The fourth-order valence-corrected chi connectivity index (χ4v) is 4.68. The normalized spacial score (nSPS) is 19.1. The van der Waals surface area contributed by atoms with Crippen LogP contribution in [0.4, 0.5) is 0 Å². The van der Waals surface area contributed by atoms with Gasteiger partial charge in [-0.05, 0) is 19.8 Å². The predicted molar refractivity (Wildman–Crippen MR) is 83.9 cm³/mol. The summed E-state index contributed by atoms with van der Waals surface area (Å²) in [5.74, 6) is 0. The number of aryl methyl sites for hydroxylation is 1. The van der Waals surface area contributed by atoms with Crippen molar-refractivity contribution in [3.8, 4) is 0 Å². The fourth-order valence-electron chi connectivity index (χ4n) is 2.39. The lowest BCUT2D eigenvalue weighted by Gasteiger charge is -2.27. The molecule has 1 aliphatic rings. The van der Waals surface area contributed by atoms with Crippen LogP contribution >= 0.6 is 23.7 Å². The van der Waals surface area contributed by atoms with Gasteiger partial charge in [-0.1, -0.05) is 25.7 Å². The first-order chi connectivity index (χ1) is 8.91. The smallest absolute Gasteiger partial charge is 0.251 e. The minimum Gasteiger partial charge on any atom is -0.324 e. The zero-order valence-corrected chi connectivity index (χ0v) is 14.0. The Kier molecular flexibility index (Phi) is 6.40. The highest BCUT2D eigenvalue weighted by atomic mass is 35.5. The van der Waals surface area contributed by atoms with Crippen molar-refractivity contribution in [1.29, 1.82) is 0 Å². The van der Waals surface area contributed by atoms with Crippen LogP contribution in [0.25, 0.3) is 0 Å². The lowest BCUT2D eigenvalue weighted by molar-refractivity contribution is 0.369. The highest BCUT2D eigenvalue weighted by Gasteiger charge is 2.28. The van der Waals surface area contributed by atoms with Crippen LogP contribution in [-0.4, -0.2) is 25.5 Å². The first-order valence-electron chi connectivity index (χ1n) is 6.62. The van der Waals surface area contributed by atoms with Crippen LogP contribution in [0.15, 0.2) is 10.4 Å². The molecule has 1 aliphatic carbocycles. The number of halogens is 1. The molecule has 0 atom stereocenters. The Morgan fingerprint density at radius 1 is 1.35 bits per heavy atom. The number of sulfonamides is 1. The number of nitrogens with two attached hydrogens (primary N) is 1. The quantitative estimate of drug-likeness (QED) is 0.823. The van der Waals surface area contributed by atoms with E-state index < -0.39 is 15.6 Å². The first-order valence-corrected chi connectivity index (χ1v) is 8.92. The van der Waals surface area contributed by atoms with Crippen molar-refractivity contribution in [1.82, 2.24) is 9.71 Å². The second kappa shape index (κ2) is 7.17. The van der Waals surface area contributed by atoms with E-state index in [2.05, 4.69) is 9.71 Å². The molecule has 0 radical (unpaired) electrons. The van der Waals surface area contributed by atoms with Gasteiger partial charge in [-0.25, -0.2) is 18.1 Å². The Morgan fingerprint density at radius 2 is 1.95 bits per heavy atom. The van der Waals surface area contributed by atoms with Crippen LogP contribution in [0, 0.1) is 6.92 Å². The summed E-state index contributed by atoms with van der Waals surface area (Å²) in [6.45, 7) is 2.10. The third kappa shape index (κ3) is 4.66. The third-order valence-electron chi connectivity index (χ3n) is 3.58. The maximum atomic E-state index is 12.1. The van der Waals surface area contributed by atoms with Gasteiger partial charge in [0, 0.05) is 12.1 Å². The number of nitrogens with one attached hydrogen (secondary N) is 1. The summed E-state index contributed by atoms with van der Waals surface area (Å²) < 4.78 is 27.2. The van der Waals surface area contributed by atoms with Gasteiger partial charge in [0.05, 0.1) is 11.2 Å². The van der Waals surface area contributed by atoms with Crippen LogP contribution in [0.3, 0.4) is 0 Å². The van der Waals surface area contributed by atoms with Crippen molar-refractivity contribution >= 4 is 33.8 Å². The van der Waals surface area contributed by atoms with E-state index in [0.717, 1.165) is 30.7 Å². The van der Waals surface area contributed by atoms with Crippen molar-refractivity contribution < 1.29 is 8.42 Å². The van der Waals surface area contributed by atoms with Crippen molar-refractivity contribution in [2.24, 2.45) is 5.73 Å². The molecule has 0 spiro atoms. The molecule has 0 aliphatic heterocycles. The van der Waals surface area contributed by atoms with Crippen LogP contribution in [0.5, 0.6) is 0 Å². The summed E-state index contributed by atoms with van der Waals surface area (Å²) in [6.07, 6.45) is 7.72. The first kappa shape index (κ1) is 17.8. The molecule has 8 heteroatoms. The molecule has 0 bridgehead atoms. The van der Waals surface area contributed by atoms with Gasteiger partial charge in [-0.2, -0.15) is 0 Å². The van der Waals surface area contributed by atoms with E-state index in [1.54, 1.807) is 6.92 Å². The minimum atomic E-state index is -3.46. The lowest BCUT2D eigenvalue weighted by Crippen LogP contribution is -2.49. The monoisotopic (exact) mass is 339 g/mol. The van der Waals surface area contributed by atoms with E-state index in [1.807, 2.05) is 0 Å². The van der Waals surface area contributed by atoms with Gasteiger partial charge in [-0.15, -0.1) is 23.7 Å². The summed E-state index contributed by atoms with van der Waals surface area (Å²) in [5.41, 5.74) is 5.91. The molecule has 1 saturated carbocycles. The summed E-state index contributed by atoms with van der Waals surface area (Å²) in [7, 11) is -3.46. The lowest BCUT2D eigenvalue weighted by atomic mass is 9.92. The SMILES string of the molecule is Cc1ncc(S(=O)(=O)NCC2(N)CCCCCC2)s1.Cl. The second-order valence-corrected chi connectivity index (χ2v) is 8.53. The molecule has 2 rings (SSSR count). The molecule has 0 aromatic carbocycles. The molecule has 3 N–H and O–H groups in total. The van der Waals surface area contributed by atoms with Crippen molar-refractivity contribution in [3.63, 3.8) is 0 Å².